The number of nitrogens with zero attached hydrogens (tertiary/aromatic N) is 2. The van der Waals surface area contributed by atoms with Crippen molar-refractivity contribution in [2.24, 2.45) is 0 Å². The van der Waals surface area contributed by atoms with Crippen LogP contribution in [-0.4, -0.2) is 22.5 Å². The van der Waals surface area contributed by atoms with Crippen molar-refractivity contribution in [2.75, 3.05) is 17.2 Å². The van der Waals surface area contributed by atoms with Crippen LogP contribution in [0.2, 0.25) is 0 Å². The van der Waals surface area contributed by atoms with E-state index in [1.165, 1.54) is 11.1 Å². The van der Waals surface area contributed by atoms with Gasteiger partial charge in [-0.15, -0.1) is 0 Å². The van der Waals surface area contributed by atoms with E-state index in [4.69, 9.17) is 4.74 Å². The van der Waals surface area contributed by atoms with E-state index in [1.54, 1.807) is 18.2 Å². The summed E-state index contributed by atoms with van der Waals surface area (Å²) in [5.41, 5.74) is 4.95. The number of aromatic nitrogens is 2. The van der Waals surface area contributed by atoms with Gasteiger partial charge < -0.3 is 15.4 Å². The zero-order valence-corrected chi connectivity index (χ0v) is 16.5. The van der Waals surface area contributed by atoms with Gasteiger partial charge in [0.25, 0.3) is 5.91 Å². The fourth-order valence-electron chi connectivity index (χ4n) is 2.69. The molecule has 1 amide bonds. The summed E-state index contributed by atoms with van der Waals surface area (Å²) in [5.74, 6) is 0.858. The first-order valence-corrected chi connectivity index (χ1v) is 9.19. The molecule has 3 aromatic rings. The first kappa shape index (κ1) is 19.4. The Balaban J connectivity index is 1.76. The number of aryl methyl sites for hydroxylation is 3. The van der Waals surface area contributed by atoms with E-state index < -0.39 is 0 Å². The zero-order valence-electron chi connectivity index (χ0n) is 16.5. The summed E-state index contributed by atoms with van der Waals surface area (Å²) in [5, 5.41) is 6.02. The number of ether oxygens (including phenoxy) is 1. The third kappa shape index (κ3) is 4.85. The predicted octanol–water partition coefficient (Wildman–Crippen LogP) is 4.80. The molecule has 0 unspecified atom stereocenters. The SMILES string of the molecule is CCOc1ccc(NC(=O)c2cc(C)nc(Nc3ccc(C)c(C)c3)n2)cc1. The Morgan fingerprint density at radius 1 is 0.929 bits per heavy atom. The van der Waals surface area contributed by atoms with Crippen molar-refractivity contribution in [1.82, 2.24) is 9.97 Å². The van der Waals surface area contributed by atoms with Crippen molar-refractivity contribution in [2.45, 2.75) is 27.7 Å². The summed E-state index contributed by atoms with van der Waals surface area (Å²) in [6.45, 7) is 8.47. The highest BCUT2D eigenvalue weighted by atomic mass is 16.5. The molecule has 144 valence electrons. The Labute approximate surface area is 165 Å². The average molecular weight is 376 g/mol. The monoisotopic (exact) mass is 376 g/mol. The fourth-order valence-corrected chi connectivity index (χ4v) is 2.69. The molecule has 2 aromatic carbocycles. The molecule has 0 aliphatic carbocycles. The molecule has 6 nitrogen and oxygen atoms in total. The van der Waals surface area contributed by atoms with Crippen LogP contribution in [0.15, 0.2) is 48.5 Å². The molecule has 1 aromatic heterocycles. The van der Waals surface area contributed by atoms with Crippen LogP contribution in [0.1, 0.15) is 34.2 Å². The normalized spacial score (nSPS) is 10.4. The number of carbonyl (C=O) groups is 1. The molecule has 0 saturated heterocycles. The van der Waals surface area contributed by atoms with Gasteiger partial charge in [-0.25, -0.2) is 9.97 Å². The van der Waals surface area contributed by atoms with Crippen molar-refractivity contribution < 1.29 is 9.53 Å². The van der Waals surface area contributed by atoms with Crippen LogP contribution in [0, 0.1) is 20.8 Å². The van der Waals surface area contributed by atoms with Crippen molar-refractivity contribution >= 4 is 23.2 Å². The molecule has 0 atom stereocenters. The summed E-state index contributed by atoms with van der Waals surface area (Å²) in [4.78, 5) is 21.4. The van der Waals surface area contributed by atoms with Crippen molar-refractivity contribution in [3.63, 3.8) is 0 Å². The van der Waals surface area contributed by atoms with Gasteiger partial charge >= 0.3 is 0 Å². The van der Waals surface area contributed by atoms with E-state index in [1.807, 2.05) is 51.1 Å². The minimum Gasteiger partial charge on any atom is -0.494 e. The lowest BCUT2D eigenvalue weighted by atomic mass is 10.1. The molecule has 2 N–H and O–H groups in total. The van der Waals surface area contributed by atoms with Gasteiger partial charge in [0.2, 0.25) is 5.95 Å². The van der Waals surface area contributed by atoms with Crippen molar-refractivity contribution in [3.8, 4) is 5.75 Å². The lowest BCUT2D eigenvalue weighted by molar-refractivity contribution is 0.102. The second kappa shape index (κ2) is 8.52. The van der Waals surface area contributed by atoms with Gasteiger partial charge in [-0.05, 0) is 81.3 Å². The third-order valence-electron chi connectivity index (χ3n) is 4.27. The minimum atomic E-state index is -0.294. The van der Waals surface area contributed by atoms with Crippen LogP contribution < -0.4 is 15.4 Å². The Bertz CT molecular complexity index is 984. The average Bonchev–Trinajstić information content (AvgIpc) is 2.66. The van der Waals surface area contributed by atoms with Crippen LogP contribution in [0.5, 0.6) is 5.75 Å². The highest BCUT2D eigenvalue weighted by Gasteiger charge is 2.12. The second-order valence-corrected chi connectivity index (χ2v) is 6.55. The van der Waals surface area contributed by atoms with Crippen LogP contribution >= 0.6 is 0 Å². The maximum atomic E-state index is 12.6. The lowest BCUT2D eigenvalue weighted by Gasteiger charge is -2.10. The topological polar surface area (TPSA) is 76.1 Å². The van der Waals surface area contributed by atoms with E-state index in [0.717, 1.165) is 11.4 Å². The molecule has 3 rings (SSSR count). The highest BCUT2D eigenvalue weighted by Crippen LogP contribution is 2.19. The van der Waals surface area contributed by atoms with Gasteiger partial charge in [-0.3, -0.25) is 4.79 Å². The predicted molar refractivity (Wildman–Crippen MR) is 112 cm³/mol. The molecule has 1 heterocycles. The first-order valence-electron chi connectivity index (χ1n) is 9.19. The Morgan fingerprint density at radius 2 is 1.64 bits per heavy atom. The molecule has 28 heavy (non-hydrogen) atoms. The summed E-state index contributed by atoms with van der Waals surface area (Å²) in [6, 6.07) is 14.9. The number of hydrogen-bond acceptors (Lipinski definition) is 5. The molecule has 0 aliphatic rings. The molecule has 0 radical (unpaired) electrons. The Kier molecular flexibility index (Phi) is 5.89. The Hall–Kier alpha value is -3.41. The molecular formula is C22H24N4O2. The van der Waals surface area contributed by atoms with Crippen LogP contribution in [0.4, 0.5) is 17.3 Å². The summed E-state index contributed by atoms with van der Waals surface area (Å²) >= 11 is 0. The van der Waals surface area contributed by atoms with E-state index >= 15 is 0 Å². The number of benzene rings is 2. The van der Waals surface area contributed by atoms with Crippen LogP contribution in [-0.2, 0) is 0 Å². The number of anilines is 3. The van der Waals surface area contributed by atoms with Gasteiger partial charge in [0.05, 0.1) is 6.61 Å². The van der Waals surface area contributed by atoms with Gasteiger partial charge in [0.15, 0.2) is 0 Å². The van der Waals surface area contributed by atoms with E-state index in [-0.39, 0.29) is 5.91 Å². The molecule has 0 bridgehead atoms. The number of amides is 1. The Morgan fingerprint density at radius 3 is 2.32 bits per heavy atom. The maximum Gasteiger partial charge on any atom is 0.274 e. The third-order valence-corrected chi connectivity index (χ3v) is 4.27. The summed E-state index contributed by atoms with van der Waals surface area (Å²) in [7, 11) is 0. The van der Waals surface area contributed by atoms with Crippen LogP contribution in [0.3, 0.4) is 0 Å². The quantitative estimate of drug-likeness (QED) is 0.646. The van der Waals surface area contributed by atoms with E-state index in [2.05, 4.69) is 27.5 Å². The van der Waals surface area contributed by atoms with Crippen molar-refractivity contribution in [3.05, 3.63) is 71.0 Å². The van der Waals surface area contributed by atoms with Gasteiger partial charge in [-0.2, -0.15) is 0 Å². The number of rotatable bonds is 6. The molecular weight excluding hydrogens is 352 g/mol. The fraction of sp³-hybridized carbons (Fsp3) is 0.227. The molecule has 0 fully saturated rings. The van der Waals surface area contributed by atoms with Crippen LogP contribution in [0.25, 0.3) is 0 Å². The molecule has 0 saturated carbocycles. The highest BCUT2D eigenvalue weighted by molar-refractivity contribution is 6.03. The largest absolute Gasteiger partial charge is 0.494 e. The smallest absolute Gasteiger partial charge is 0.274 e. The molecule has 0 aliphatic heterocycles. The number of nitrogens with one attached hydrogen (secondary N) is 2. The lowest BCUT2D eigenvalue weighted by Crippen LogP contribution is -2.15. The second-order valence-electron chi connectivity index (χ2n) is 6.55. The van der Waals surface area contributed by atoms with Gasteiger partial charge in [0, 0.05) is 17.1 Å². The molecule has 0 spiro atoms. The van der Waals surface area contributed by atoms with Crippen molar-refractivity contribution in [1.29, 1.82) is 0 Å². The number of hydrogen-bond donors (Lipinski definition) is 2. The maximum absolute atomic E-state index is 12.6. The van der Waals surface area contributed by atoms with Gasteiger partial charge in [-0.1, -0.05) is 6.07 Å². The van der Waals surface area contributed by atoms with E-state index in [9.17, 15) is 4.79 Å². The first-order chi connectivity index (χ1) is 13.4. The standard InChI is InChI=1S/C22H24N4O2/c1-5-28-19-10-8-17(9-11-19)24-21(27)20-13-16(4)23-22(26-20)25-18-7-6-14(2)15(3)12-18/h6-13H,5H2,1-4H3,(H,24,27)(H,23,25,26). The summed E-state index contributed by atoms with van der Waals surface area (Å²) < 4.78 is 5.41. The molecule has 6 heteroatoms. The minimum absolute atomic E-state index is 0.294. The van der Waals surface area contributed by atoms with E-state index in [0.29, 0.717) is 29.6 Å². The number of carbonyl (C=O) groups excluding carboxylic acids is 1. The zero-order chi connectivity index (χ0) is 20.1. The summed E-state index contributed by atoms with van der Waals surface area (Å²) in [6.07, 6.45) is 0. The van der Waals surface area contributed by atoms with Gasteiger partial charge in [0.1, 0.15) is 11.4 Å².